The average molecular weight is 549 g/mol. The minimum Gasteiger partial charge on any atom is -0.343 e. The summed E-state index contributed by atoms with van der Waals surface area (Å²) in [5, 5.41) is 3.77. The van der Waals surface area contributed by atoms with E-state index in [1.165, 1.54) is 17.3 Å². The highest BCUT2D eigenvalue weighted by molar-refractivity contribution is 8.04. The number of nitrogens with zero attached hydrogens (tertiary/aromatic N) is 4. The van der Waals surface area contributed by atoms with Crippen molar-refractivity contribution in [2.45, 2.75) is 24.3 Å². The Labute approximate surface area is 228 Å². The van der Waals surface area contributed by atoms with Crippen LogP contribution in [0.2, 0.25) is 0 Å². The van der Waals surface area contributed by atoms with Crippen molar-refractivity contribution in [2.75, 3.05) is 39.3 Å². The number of amides is 2. The lowest BCUT2D eigenvalue weighted by Gasteiger charge is -2.22. The number of carbonyl (C=O) groups is 2. The maximum Gasteiger partial charge on any atom is 0.258 e. The third kappa shape index (κ3) is 6.62. The first-order chi connectivity index (χ1) is 16.7. The number of halogens is 2. The van der Waals surface area contributed by atoms with Crippen molar-refractivity contribution < 1.29 is 9.59 Å². The van der Waals surface area contributed by atoms with Crippen LogP contribution in [0.25, 0.3) is 11.7 Å². The summed E-state index contributed by atoms with van der Waals surface area (Å²) in [6, 6.07) is 16.4. The second kappa shape index (κ2) is 13.1. The lowest BCUT2D eigenvalue weighted by Crippen LogP contribution is -2.42. The highest BCUT2D eigenvalue weighted by atomic mass is 35.5. The van der Waals surface area contributed by atoms with Crippen LogP contribution < -0.4 is 5.32 Å². The number of pyridine rings is 1. The molecule has 1 fully saturated rings. The summed E-state index contributed by atoms with van der Waals surface area (Å²) in [5.41, 5.74) is 3.11. The second-order valence-electron chi connectivity index (χ2n) is 8.70. The van der Waals surface area contributed by atoms with Gasteiger partial charge in [0.15, 0.2) is 0 Å². The van der Waals surface area contributed by atoms with E-state index < -0.39 is 0 Å². The Balaban J connectivity index is 0.00000180. The van der Waals surface area contributed by atoms with Gasteiger partial charge in [0.2, 0.25) is 5.91 Å². The van der Waals surface area contributed by atoms with E-state index in [4.69, 9.17) is 0 Å². The number of benzene rings is 1. The van der Waals surface area contributed by atoms with Gasteiger partial charge < -0.3 is 15.1 Å². The molecule has 2 aliphatic rings. The second-order valence-corrected chi connectivity index (χ2v) is 9.76. The quantitative estimate of drug-likeness (QED) is 0.485. The van der Waals surface area contributed by atoms with E-state index in [0.29, 0.717) is 11.4 Å². The van der Waals surface area contributed by atoms with Gasteiger partial charge in [-0.2, -0.15) is 0 Å². The van der Waals surface area contributed by atoms with Crippen LogP contribution in [0.4, 0.5) is 0 Å². The van der Waals surface area contributed by atoms with Gasteiger partial charge in [0, 0.05) is 19.6 Å². The molecule has 1 aromatic carbocycles. The first-order valence-corrected chi connectivity index (χ1v) is 12.7. The van der Waals surface area contributed by atoms with Crippen LogP contribution in [-0.4, -0.2) is 70.3 Å². The number of imidazole rings is 1. The predicted octanol–water partition coefficient (Wildman–Crippen LogP) is 3.91. The molecule has 0 aliphatic carbocycles. The van der Waals surface area contributed by atoms with Crippen molar-refractivity contribution >= 4 is 60.1 Å². The molecule has 10 heteroatoms. The van der Waals surface area contributed by atoms with Gasteiger partial charge in [-0.1, -0.05) is 48.2 Å². The first-order valence-electron chi connectivity index (χ1n) is 11.9. The molecule has 0 radical (unpaired) electrons. The van der Waals surface area contributed by atoms with Crippen molar-refractivity contribution in [3.63, 3.8) is 0 Å². The standard InChI is InChI=1S/C26H29N5O2S.2ClH/c32-24(30-14-6-13-29(15-16-30)12-5-9-20-7-2-1-3-8-20)19-28-26(33)22-17-21-18-27-23-10-4-11-25(34-22)31(21)23;;/h1-4,7-8,10-11,17-18H,5-6,9,12-16,19H2,(H,28,33);2*1H. The molecule has 2 amide bonds. The first kappa shape index (κ1) is 28.1. The van der Waals surface area contributed by atoms with Crippen molar-refractivity contribution in [3.05, 3.63) is 70.9 Å². The molecule has 4 heterocycles. The lowest BCUT2D eigenvalue weighted by molar-refractivity contribution is -0.132. The topological polar surface area (TPSA) is 70.0 Å². The number of thioether (sulfide) groups is 1. The smallest absolute Gasteiger partial charge is 0.258 e. The molecule has 1 saturated heterocycles. The number of hydrogen-bond donors (Lipinski definition) is 1. The Morgan fingerprint density at radius 3 is 2.64 bits per heavy atom. The zero-order valence-electron chi connectivity index (χ0n) is 20.0. The molecule has 1 N–H and O–H groups in total. The van der Waals surface area contributed by atoms with Crippen molar-refractivity contribution in [1.29, 1.82) is 0 Å². The van der Waals surface area contributed by atoms with Gasteiger partial charge in [0.1, 0.15) is 5.65 Å². The van der Waals surface area contributed by atoms with Gasteiger partial charge in [-0.25, -0.2) is 4.98 Å². The molecule has 192 valence electrons. The SMILES string of the molecule is Cl.Cl.O=C(NCC(=O)N1CCCN(CCCc2ccccc2)CC1)C1=Cc2cnc3cccc(n23)S1. The Kier molecular flexibility index (Phi) is 10.2. The van der Waals surface area contributed by atoms with Gasteiger partial charge >= 0.3 is 0 Å². The van der Waals surface area contributed by atoms with E-state index in [1.807, 2.05) is 39.6 Å². The largest absolute Gasteiger partial charge is 0.343 e. The normalized spacial score (nSPS) is 15.3. The highest BCUT2D eigenvalue weighted by Crippen LogP contribution is 2.34. The Morgan fingerprint density at radius 2 is 1.81 bits per heavy atom. The molecule has 0 spiro atoms. The average Bonchev–Trinajstić information content (AvgIpc) is 3.14. The predicted molar refractivity (Wildman–Crippen MR) is 149 cm³/mol. The van der Waals surface area contributed by atoms with E-state index in [2.05, 4.69) is 39.5 Å². The van der Waals surface area contributed by atoms with Crippen molar-refractivity contribution in [2.24, 2.45) is 0 Å². The molecule has 3 aromatic rings. The number of aryl methyl sites for hydroxylation is 1. The molecule has 36 heavy (non-hydrogen) atoms. The molecule has 5 rings (SSSR count). The van der Waals surface area contributed by atoms with Crippen LogP contribution in [0.3, 0.4) is 0 Å². The van der Waals surface area contributed by atoms with E-state index >= 15 is 0 Å². The molecule has 2 aromatic heterocycles. The maximum atomic E-state index is 12.8. The van der Waals surface area contributed by atoms with Crippen LogP contribution in [0.1, 0.15) is 24.1 Å². The molecule has 0 saturated carbocycles. The van der Waals surface area contributed by atoms with E-state index in [1.54, 1.807) is 6.20 Å². The van der Waals surface area contributed by atoms with Gasteiger partial charge in [0.05, 0.1) is 28.4 Å². The summed E-state index contributed by atoms with van der Waals surface area (Å²) in [6.07, 6.45) is 6.75. The molecule has 7 nitrogen and oxygen atoms in total. The van der Waals surface area contributed by atoms with Crippen LogP contribution in [-0.2, 0) is 16.0 Å². The van der Waals surface area contributed by atoms with Crippen LogP contribution in [0, 0.1) is 0 Å². The Hall–Kier alpha value is -2.52. The van der Waals surface area contributed by atoms with E-state index in [0.717, 1.165) is 61.8 Å². The summed E-state index contributed by atoms with van der Waals surface area (Å²) < 4.78 is 2.02. The molecule has 2 aliphatic heterocycles. The molecule has 0 bridgehead atoms. The summed E-state index contributed by atoms with van der Waals surface area (Å²) in [4.78, 5) is 34.9. The molecular formula is C26H31Cl2N5O2S. The summed E-state index contributed by atoms with van der Waals surface area (Å²) in [6.45, 7) is 4.40. The van der Waals surface area contributed by atoms with Crippen molar-refractivity contribution in [3.8, 4) is 0 Å². The zero-order valence-corrected chi connectivity index (χ0v) is 22.4. The summed E-state index contributed by atoms with van der Waals surface area (Å²) in [5.74, 6) is -0.242. The molecule has 0 atom stereocenters. The van der Waals surface area contributed by atoms with Crippen LogP contribution >= 0.6 is 36.6 Å². The number of rotatable bonds is 7. The van der Waals surface area contributed by atoms with Crippen LogP contribution in [0.5, 0.6) is 0 Å². The minimum atomic E-state index is -0.222. The van der Waals surface area contributed by atoms with Crippen molar-refractivity contribution in [1.82, 2.24) is 24.5 Å². The third-order valence-corrected chi connectivity index (χ3v) is 7.41. The molecule has 0 unspecified atom stereocenters. The fraction of sp³-hybridized carbons (Fsp3) is 0.346. The van der Waals surface area contributed by atoms with Crippen LogP contribution in [0.15, 0.2) is 64.7 Å². The Bertz CT molecular complexity index is 1220. The van der Waals surface area contributed by atoms with E-state index in [-0.39, 0.29) is 43.2 Å². The molecular weight excluding hydrogens is 517 g/mol. The Morgan fingerprint density at radius 1 is 0.972 bits per heavy atom. The van der Waals surface area contributed by atoms with Gasteiger partial charge in [-0.15, -0.1) is 24.8 Å². The van der Waals surface area contributed by atoms with E-state index in [9.17, 15) is 9.59 Å². The fourth-order valence-corrected chi connectivity index (χ4v) is 5.56. The van der Waals surface area contributed by atoms with Gasteiger partial charge in [-0.3, -0.25) is 14.0 Å². The summed E-state index contributed by atoms with van der Waals surface area (Å²) >= 11 is 1.40. The summed E-state index contributed by atoms with van der Waals surface area (Å²) in [7, 11) is 0. The number of aromatic nitrogens is 2. The monoisotopic (exact) mass is 547 g/mol. The number of nitrogens with one attached hydrogen (secondary N) is 1. The minimum absolute atomic E-state index is 0. The highest BCUT2D eigenvalue weighted by Gasteiger charge is 2.22. The number of carbonyl (C=O) groups excluding carboxylic acids is 2. The van der Waals surface area contributed by atoms with Gasteiger partial charge in [-0.05, 0) is 56.1 Å². The van der Waals surface area contributed by atoms with Gasteiger partial charge in [0.25, 0.3) is 5.91 Å². The lowest BCUT2D eigenvalue weighted by atomic mass is 10.1. The maximum absolute atomic E-state index is 12.8. The number of hydrogen-bond acceptors (Lipinski definition) is 5. The fourth-order valence-electron chi connectivity index (χ4n) is 4.55. The third-order valence-electron chi connectivity index (χ3n) is 6.36. The zero-order chi connectivity index (χ0) is 23.3.